The zero-order valence-electron chi connectivity index (χ0n) is 11.1. The van der Waals surface area contributed by atoms with E-state index in [1.807, 2.05) is 38.1 Å². The van der Waals surface area contributed by atoms with Crippen molar-refractivity contribution in [1.29, 1.82) is 0 Å². The zero-order chi connectivity index (χ0) is 13.7. The van der Waals surface area contributed by atoms with Gasteiger partial charge in [0.1, 0.15) is 11.6 Å². The molecule has 3 nitrogen and oxygen atoms in total. The number of nitrogens with zero attached hydrogens (tertiary/aromatic N) is 1. The summed E-state index contributed by atoms with van der Waals surface area (Å²) in [4.78, 5) is 4.32. The van der Waals surface area contributed by atoms with Crippen LogP contribution in [0.4, 0.5) is 5.82 Å². The van der Waals surface area contributed by atoms with Crippen LogP contribution in [0.3, 0.4) is 0 Å². The highest BCUT2D eigenvalue weighted by atomic mass is 79.9. The van der Waals surface area contributed by atoms with Gasteiger partial charge in [-0.25, -0.2) is 4.98 Å². The highest BCUT2D eigenvalue weighted by Crippen LogP contribution is 2.24. The minimum absolute atomic E-state index is 0.682. The maximum atomic E-state index is 5.49. The third-order valence-corrected chi connectivity index (χ3v) is 3.75. The number of ether oxygens (including phenoxy) is 1. The minimum atomic E-state index is 0.682. The lowest BCUT2D eigenvalue weighted by Crippen LogP contribution is -2.03. The summed E-state index contributed by atoms with van der Waals surface area (Å²) in [5, 5.41) is 3.33. The monoisotopic (exact) mass is 320 g/mol. The number of hydrogen-bond donors (Lipinski definition) is 1. The Kier molecular flexibility index (Phi) is 4.80. The minimum Gasteiger partial charge on any atom is -0.494 e. The number of nitrogens with one attached hydrogen (secondary N) is 1. The number of anilines is 1. The molecule has 4 heteroatoms. The van der Waals surface area contributed by atoms with E-state index in [9.17, 15) is 0 Å². The van der Waals surface area contributed by atoms with Gasteiger partial charge in [-0.1, -0.05) is 12.1 Å². The first-order valence-corrected chi connectivity index (χ1v) is 7.06. The quantitative estimate of drug-likeness (QED) is 0.898. The molecule has 0 aliphatic carbocycles. The van der Waals surface area contributed by atoms with Crippen LogP contribution in [-0.4, -0.2) is 11.6 Å². The summed E-state index contributed by atoms with van der Waals surface area (Å²) in [6.45, 7) is 5.43. The molecule has 0 aliphatic heterocycles. The Morgan fingerprint density at radius 3 is 2.95 bits per heavy atom. The molecule has 0 bridgehead atoms. The lowest BCUT2D eigenvalue weighted by atomic mass is 10.2. The SMILES string of the molecule is CCOc1cccc(CNc2nccc(C)c2Br)c1. The van der Waals surface area contributed by atoms with E-state index in [2.05, 4.69) is 32.3 Å². The van der Waals surface area contributed by atoms with Gasteiger partial charge in [0.15, 0.2) is 0 Å². The smallest absolute Gasteiger partial charge is 0.140 e. The second-order valence-corrected chi connectivity index (χ2v) is 5.02. The standard InChI is InChI=1S/C15H17BrN2O/c1-3-19-13-6-4-5-12(9-13)10-18-15-14(16)11(2)7-8-17-15/h4-9H,3,10H2,1-2H3,(H,17,18). The fourth-order valence-corrected chi connectivity index (χ4v) is 2.14. The van der Waals surface area contributed by atoms with Gasteiger partial charge in [0.25, 0.3) is 0 Å². The van der Waals surface area contributed by atoms with Crippen LogP contribution in [0.15, 0.2) is 41.0 Å². The molecule has 2 aromatic rings. The van der Waals surface area contributed by atoms with Crippen LogP contribution in [0.2, 0.25) is 0 Å². The molecule has 0 saturated heterocycles. The second-order valence-electron chi connectivity index (χ2n) is 4.22. The first kappa shape index (κ1) is 13.9. The Morgan fingerprint density at radius 2 is 2.16 bits per heavy atom. The fourth-order valence-electron chi connectivity index (χ4n) is 1.76. The number of aromatic nitrogens is 1. The number of benzene rings is 1. The molecule has 1 aromatic heterocycles. The number of pyridine rings is 1. The molecule has 0 unspecified atom stereocenters. The summed E-state index contributed by atoms with van der Waals surface area (Å²) in [5.41, 5.74) is 2.33. The molecular formula is C15H17BrN2O. The van der Waals surface area contributed by atoms with E-state index in [1.165, 1.54) is 11.1 Å². The number of rotatable bonds is 5. The zero-order valence-corrected chi connectivity index (χ0v) is 12.7. The van der Waals surface area contributed by atoms with E-state index in [-0.39, 0.29) is 0 Å². The average Bonchev–Trinajstić information content (AvgIpc) is 2.41. The second kappa shape index (κ2) is 6.57. The molecule has 1 heterocycles. The van der Waals surface area contributed by atoms with Gasteiger partial charge in [-0.15, -0.1) is 0 Å². The van der Waals surface area contributed by atoms with E-state index < -0.39 is 0 Å². The molecule has 0 radical (unpaired) electrons. The molecule has 19 heavy (non-hydrogen) atoms. The van der Waals surface area contributed by atoms with Gasteiger partial charge in [0.05, 0.1) is 11.1 Å². The third-order valence-electron chi connectivity index (χ3n) is 2.75. The van der Waals surface area contributed by atoms with Crippen LogP contribution in [0.1, 0.15) is 18.1 Å². The van der Waals surface area contributed by atoms with Crippen LogP contribution in [0.5, 0.6) is 5.75 Å². The predicted molar refractivity (Wildman–Crippen MR) is 81.6 cm³/mol. The van der Waals surface area contributed by atoms with Crippen molar-refractivity contribution in [2.24, 2.45) is 0 Å². The van der Waals surface area contributed by atoms with Crippen molar-refractivity contribution < 1.29 is 4.74 Å². The van der Waals surface area contributed by atoms with Crippen molar-refractivity contribution in [2.45, 2.75) is 20.4 Å². The Morgan fingerprint density at radius 1 is 1.32 bits per heavy atom. The van der Waals surface area contributed by atoms with Gasteiger partial charge in [0, 0.05) is 12.7 Å². The molecule has 0 amide bonds. The maximum Gasteiger partial charge on any atom is 0.140 e. The summed E-state index contributed by atoms with van der Waals surface area (Å²) >= 11 is 3.54. The van der Waals surface area contributed by atoms with E-state index in [0.29, 0.717) is 6.61 Å². The molecule has 2 rings (SSSR count). The summed E-state index contributed by atoms with van der Waals surface area (Å²) in [5.74, 6) is 1.76. The Labute approximate surface area is 122 Å². The van der Waals surface area contributed by atoms with Crippen LogP contribution in [-0.2, 0) is 6.54 Å². The van der Waals surface area contributed by atoms with Crippen molar-refractivity contribution in [1.82, 2.24) is 4.98 Å². The molecule has 0 saturated carbocycles. The van der Waals surface area contributed by atoms with Crippen molar-refractivity contribution in [2.75, 3.05) is 11.9 Å². The number of aryl methyl sites for hydroxylation is 1. The van der Waals surface area contributed by atoms with Gasteiger partial charge in [0.2, 0.25) is 0 Å². The summed E-state index contributed by atoms with van der Waals surface area (Å²) in [7, 11) is 0. The van der Waals surface area contributed by atoms with Crippen LogP contribution in [0.25, 0.3) is 0 Å². The summed E-state index contributed by atoms with van der Waals surface area (Å²) in [6, 6.07) is 10.1. The van der Waals surface area contributed by atoms with Gasteiger partial charge >= 0.3 is 0 Å². The van der Waals surface area contributed by atoms with E-state index in [4.69, 9.17) is 4.74 Å². The highest BCUT2D eigenvalue weighted by Gasteiger charge is 2.03. The first-order valence-electron chi connectivity index (χ1n) is 6.27. The Balaban J connectivity index is 2.06. The Hall–Kier alpha value is -1.55. The molecule has 100 valence electrons. The molecule has 1 aromatic carbocycles. The lowest BCUT2D eigenvalue weighted by Gasteiger charge is -2.10. The average molecular weight is 321 g/mol. The predicted octanol–water partition coefficient (Wildman–Crippen LogP) is 4.16. The first-order chi connectivity index (χ1) is 9.20. The topological polar surface area (TPSA) is 34.1 Å². The van der Waals surface area contributed by atoms with Gasteiger partial charge in [-0.05, 0) is 59.1 Å². The third kappa shape index (κ3) is 3.70. The van der Waals surface area contributed by atoms with Crippen LogP contribution in [0, 0.1) is 6.92 Å². The molecular weight excluding hydrogens is 304 g/mol. The maximum absolute atomic E-state index is 5.49. The van der Waals surface area contributed by atoms with Crippen molar-refractivity contribution >= 4 is 21.7 Å². The van der Waals surface area contributed by atoms with Gasteiger partial charge in [-0.3, -0.25) is 0 Å². The van der Waals surface area contributed by atoms with E-state index >= 15 is 0 Å². The normalized spacial score (nSPS) is 10.3. The fraction of sp³-hybridized carbons (Fsp3) is 0.267. The molecule has 0 fully saturated rings. The molecule has 0 aliphatic rings. The molecule has 0 spiro atoms. The largest absolute Gasteiger partial charge is 0.494 e. The van der Waals surface area contributed by atoms with Crippen molar-refractivity contribution in [3.05, 3.63) is 52.1 Å². The number of halogens is 1. The summed E-state index contributed by atoms with van der Waals surface area (Å²) in [6.07, 6.45) is 1.80. The van der Waals surface area contributed by atoms with Crippen LogP contribution >= 0.6 is 15.9 Å². The van der Waals surface area contributed by atoms with Crippen molar-refractivity contribution in [3.8, 4) is 5.75 Å². The van der Waals surface area contributed by atoms with Crippen molar-refractivity contribution in [3.63, 3.8) is 0 Å². The van der Waals surface area contributed by atoms with Gasteiger partial charge < -0.3 is 10.1 Å². The molecule has 0 atom stereocenters. The Bertz CT molecular complexity index is 558. The van der Waals surface area contributed by atoms with E-state index in [0.717, 1.165) is 22.6 Å². The summed E-state index contributed by atoms with van der Waals surface area (Å²) < 4.78 is 6.50. The van der Waals surface area contributed by atoms with E-state index in [1.54, 1.807) is 6.20 Å². The molecule has 1 N–H and O–H groups in total. The number of hydrogen-bond acceptors (Lipinski definition) is 3. The lowest BCUT2D eigenvalue weighted by molar-refractivity contribution is 0.340. The van der Waals surface area contributed by atoms with Gasteiger partial charge in [-0.2, -0.15) is 0 Å². The van der Waals surface area contributed by atoms with Crippen LogP contribution < -0.4 is 10.1 Å². The highest BCUT2D eigenvalue weighted by molar-refractivity contribution is 9.10.